The molecule has 0 spiro atoms. The lowest BCUT2D eigenvalue weighted by atomic mass is 9.86. The topological polar surface area (TPSA) is 0 Å². The highest BCUT2D eigenvalue weighted by Crippen LogP contribution is 2.39. The molecule has 0 amide bonds. The third kappa shape index (κ3) is 1.18. The van der Waals surface area contributed by atoms with E-state index in [1.54, 1.807) is 0 Å². The second-order valence-electron chi connectivity index (χ2n) is 3.42. The van der Waals surface area contributed by atoms with Crippen molar-refractivity contribution in [1.82, 2.24) is 0 Å². The molecule has 0 N–H and O–H groups in total. The van der Waals surface area contributed by atoms with Gasteiger partial charge in [0.05, 0.1) is 0 Å². The Balaban J connectivity index is 2.29. The van der Waals surface area contributed by atoms with Gasteiger partial charge in [0.1, 0.15) is 0 Å². The van der Waals surface area contributed by atoms with Crippen molar-refractivity contribution in [3.05, 3.63) is 35.9 Å². The minimum Gasteiger partial charge on any atom is -0.160 e. The first kappa shape index (κ1) is 7.23. The fraction of sp³-hybridized carbons (Fsp3) is 0.400. The van der Waals surface area contributed by atoms with Crippen LogP contribution in [-0.2, 0) is 5.41 Å². The Morgan fingerprint density at radius 2 is 1.82 bits per heavy atom. The van der Waals surface area contributed by atoms with Crippen LogP contribution in [0.4, 0.5) is 0 Å². The fourth-order valence-corrected chi connectivity index (χ4v) is 2.57. The van der Waals surface area contributed by atoms with E-state index in [0.29, 0.717) is 5.41 Å². The molecule has 1 heteroatoms. The lowest BCUT2D eigenvalue weighted by Gasteiger charge is -2.38. The van der Waals surface area contributed by atoms with Gasteiger partial charge < -0.3 is 0 Å². The van der Waals surface area contributed by atoms with Gasteiger partial charge >= 0.3 is 0 Å². The predicted molar refractivity (Wildman–Crippen MR) is 51.1 cm³/mol. The van der Waals surface area contributed by atoms with Crippen LogP contribution in [0.1, 0.15) is 12.5 Å². The molecule has 1 heterocycles. The molecule has 0 saturated carbocycles. The highest BCUT2D eigenvalue weighted by Gasteiger charge is 2.33. The first-order valence-electron chi connectivity index (χ1n) is 3.95. The molecule has 1 aliphatic heterocycles. The number of thioether (sulfide) groups is 1. The third-order valence-corrected chi connectivity index (χ3v) is 3.99. The smallest absolute Gasteiger partial charge is 0.0106 e. The van der Waals surface area contributed by atoms with Gasteiger partial charge in [-0.05, 0) is 5.56 Å². The van der Waals surface area contributed by atoms with Crippen molar-refractivity contribution in [3.63, 3.8) is 0 Å². The van der Waals surface area contributed by atoms with E-state index in [2.05, 4.69) is 37.3 Å². The van der Waals surface area contributed by atoms with Gasteiger partial charge in [-0.15, -0.1) is 0 Å². The Labute approximate surface area is 72.0 Å². The molecule has 58 valence electrons. The molecule has 1 aliphatic rings. The van der Waals surface area contributed by atoms with Gasteiger partial charge in [-0.1, -0.05) is 37.3 Å². The van der Waals surface area contributed by atoms with Gasteiger partial charge in [-0.3, -0.25) is 0 Å². The largest absolute Gasteiger partial charge is 0.160 e. The molecule has 1 fully saturated rings. The zero-order valence-electron chi connectivity index (χ0n) is 6.71. The van der Waals surface area contributed by atoms with E-state index in [4.69, 9.17) is 0 Å². The summed E-state index contributed by atoms with van der Waals surface area (Å²) in [5.41, 5.74) is 1.98. The van der Waals surface area contributed by atoms with Crippen LogP contribution in [0.25, 0.3) is 0 Å². The van der Waals surface area contributed by atoms with Crippen LogP contribution in [0.2, 0.25) is 0 Å². The molecule has 0 unspecified atom stereocenters. The molecule has 0 bridgehead atoms. The van der Waals surface area contributed by atoms with E-state index in [1.807, 2.05) is 11.8 Å². The van der Waals surface area contributed by atoms with E-state index >= 15 is 0 Å². The molecule has 1 aromatic carbocycles. The van der Waals surface area contributed by atoms with Gasteiger partial charge in [0.25, 0.3) is 0 Å². The summed E-state index contributed by atoms with van der Waals surface area (Å²) in [4.78, 5) is 0. The Kier molecular flexibility index (Phi) is 1.68. The van der Waals surface area contributed by atoms with Crippen LogP contribution in [0.5, 0.6) is 0 Å². The third-order valence-electron chi connectivity index (χ3n) is 2.31. The quantitative estimate of drug-likeness (QED) is 0.615. The van der Waals surface area contributed by atoms with Gasteiger partial charge in [0.2, 0.25) is 0 Å². The highest BCUT2D eigenvalue weighted by atomic mass is 32.2. The summed E-state index contributed by atoms with van der Waals surface area (Å²) in [6.07, 6.45) is 0. The lowest BCUT2D eigenvalue weighted by Crippen LogP contribution is -2.36. The average Bonchev–Trinajstić information content (AvgIpc) is 2.02. The van der Waals surface area contributed by atoms with Gasteiger partial charge in [-0.25, -0.2) is 0 Å². The average molecular weight is 164 g/mol. The molecule has 1 saturated heterocycles. The van der Waals surface area contributed by atoms with Crippen molar-refractivity contribution in [1.29, 1.82) is 0 Å². The van der Waals surface area contributed by atoms with Crippen LogP contribution < -0.4 is 0 Å². The van der Waals surface area contributed by atoms with E-state index in [1.165, 1.54) is 17.1 Å². The molecule has 0 aromatic heterocycles. The molecule has 1 aromatic rings. The molecule has 0 aliphatic carbocycles. The number of benzene rings is 1. The number of hydrogen-bond acceptors (Lipinski definition) is 1. The first-order chi connectivity index (χ1) is 5.31. The summed E-state index contributed by atoms with van der Waals surface area (Å²) in [5.74, 6) is 2.58. The zero-order chi connectivity index (χ0) is 7.73. The van der Waals surface area contributed by atoms with E-state index in [0.717, 1.165) is 0 Å². The Hall–Kier alpha value is -0.430. The molecule has 2 rings (SSSR count). The first-order valence-corrected chi connectivity index (χ1v) is 5.10. The standard InChI is InChI=1S/C10H12S/c1-10(7-11-8-10)9-5-3-2-4-6-9/h2-6H,7-8H2,1H3. The van der Waals surface area contributed by atoms with Gasteiger partial charge in [-0.2, -0.15) is 11.8 Å². The van der Waals surface area contributed by atoms with Gasteiger partial charge in [0.15, 0.2) is 0 Å². The van der Waals surface area contributed by atoms with Gasteiger partial charge in [0, 0.05) is 16.9 Å². The van der Waals surface area contributed by atoms with Crippen molar-refractivity contribution in [3.8, 4) is 0 Å². The summed E-state index contributed by atoms with van der Waals surface area (Å²) in [5, 5.41) is 0. The fourth-order valence-electron chi connectivity index (χ4n) is 1.42. The van der Waals surface area contributed by atoms with Crippen molar-refractivity contribution in [2.75, 3.05) is 11.5 Å². The maximum absolute atomic E-state index is 2.35. The summed E-state index contributed by atoms with van der Waals surface area (Å²) in [7, 11) is 0. The molecule has 0 radical (unpaired) electrons. The van der Waals surface area contributed by atoms with Crippen molar-refractivity contribution in [2.24, 2.45) is 0 Å². The van der Waals surface area contributed by atoms with Crippen molar-refractivity contribution < 1.29 is 0 Å². The molecular formula is C10H12S. The molecule has 0 nitrogen and oxygen atoms in total. The second-order valence-corrected chi connectivity index (χ2v) is 4.41. The van der Waals surface area contributed by atoms with Crippen molar-refractivity contribution in [2.45, 2.75) is 12.3 Å². The van der Waals surface area contributed by atoms with E-state index < -0.39 is 0 Å². The van der Waals surface area contributed by atoms with E-state index in [9.17, 15) is 0 Å². The van der Waals surface area contributed by atoms with Crippen LogP contribution >= 0.6 is 11.8 Å². The Morgan fingerprint density at radius 3 is 2.27 bits per heavy atom. The summed E-state index contributed by atoms with van der Waals surface area (Å²) in [6, 6.07) is 10.8. The van der Waals surface area contributed by atoms with Crippen molar-refractivity contribution >= 4 is 11.8 Å². The number of hydrogen-bond donors (Lipinski definition) is 0. The molecule has 0 atom stereocenters. The number of rotatable bonds is 1. The second kappa shape index (κ2) is 2.56. The lowest BCUT2D eigenvalue weighted by molar-refractivity contribution is 0.581. The summed E-state index contributed by atoms with van der Waals surface area (Å²) < 4.78 is 0. The van der Waals surface area contributed by atoms with Crippen LogP contribution in [-0.4, -0.2) is 11.5 Å². The normalized spacial score (nSPS) is 20.8. The Morgan fingerprint density at radius 1 is 1.18 bits per heavy atom. The highest BCUT2D eigenvalue weighted by molar-refractivity contribution is 8.00. The van der Waals surface area contributed by atoms with E-state index in [-0.39, 0.29) is 0 Å². The minimum absolute atomic E-state index is 0.478. The van der Waals surface area contributed by atoms with Crippen LogP contribution in [0.15, 0.2) is 30.3 Å². The summed E-state index contributed by atoms with van der Waals surface area (Å²) in [6.45, 7) is 2.35. The van der Waals surface area contributed by atoms with Crippen LogP contribution in [0.3, 0.4) is 0 Å². The predicted octanol–water partition coefficient (Wildman–Crippen LogP) is 2.69. The zero-order valence-corrected chi connectivity index (χ0v) is 7.53. The SMILES string of the molecule is CC1(c2ccccc2)CSC1. The maximum atomic E-state index is 2.35. The molecular weight excluding hydrogens is 152 g/mol. The van der Waals surface area contributed by atoms with Crippen LogP contribution in [0, 0.1) is 0 Å². The maximum Gasteiger partial charge on any atom is 0.0106 e. The molecule has 11 heavy (non-hydrogen) atoms. The minimum atomic E-state index is 0.478. The monoisotopic (exact) mass is 164 g/mol. The Bertz CT molecular complexity index is 236. The summed E-state index contributed by atoms with van der Waals surface area (Å²) >= 11 is 2.04.